The first-order chi connectivity index (χ1) is 17.0. The number of nitrogens with one attached hydrogen (secondary N) is 1. The fourth-order valence-corrected chi connectivity index (χ4v) is 3.51. The second-order valence-corrected chi connectivity index (χ2v) is 8.10. The van der Waals surface area contributed by atoms with Crippen LogP contribution in [0.5, 0.6) is 11.5 Å². The highest BCUT2D eigenvalue weighted by molar-refractivity contribution is 6.30. The summed E-state index contributed by atoms with van der Waals surface area (Å²) in [4.78, 5) is 25.2. The van der Waals surface area contributed by atoms with Crippen LogP contribution in [0.25, 0.3) is 10.8 Å². The molecule has 6 nitrogen and oxygen atoms in total. The summed E-state index contributed by atoms with van der Waals surface area (Å²) in [6, 6.07) is 24.5. The van der Waals surface area contributed by atoms with E-state index in [1.165, 1.54) is 6.21 Å². The fraction of sp³-hybridized carbons (Fsp3) is 0.107. The molecule has 0 spiro atoms. The monoisotopic (exact) mass is 486 g/mol. The van der Waals surface area contributed by atoms with E-state index < -0.39 is 5.97 Å². The predicted octanol–water partition coefficient (Wildman–Crippen LogP) is 6.27. The first kappa shape index (κ1) is 24.0. The number of hydrogen-bond donors (Lipinski definition) is 1. The van der Waals surface area contributed by atoms with E-state index in [4.69, 9.17) is 21.1 Å². The molecule has 0 radical (unpaired) electrons. The van der Waals surface area contributed by atoms with Crippen LogP contribution in [-0.2, 0) is 0 Å². The van der Waals surface area contributed by atoms with Gasteiger partial charge in [0, 0.05) is 16.1 Å². The molecule has 35 heavy (non-hydrogen) atoms. The Bertz CT molecular complexity index is 1370. The van der Waals surface area contributed by atoms with Gasteiger partial charge in [-0.25, -0.2) is 10.2 Å². The molecule has 0 saturated heterocycles. The van der Waals surface area contributed by atoms with Gasteiger partial charge in [0.05, 0.1) is 18.4 Å². The van der Waals surface area contributed by atoms with E-state index in [0.29, 0.717) is 39.8 Å². The van der Waals surface area contributed by atoms with Crippen LogP contribution >= 0.6 is 11.6 Å². The third-order valence-electron chi connectivity index (χ3n) is 5.16. The highest BCUT2D eigenvalue weighted by atomic mass is 35.5. The van der Waals surface area contributed by atoms with Gasteiger partial charge in [-0.15, -0.1) is 0 Å². The number of hydrazone groups is 1. The van der Waals surface area contributed by atoms with Crippen molar-refractivity contribution >= 4 is 40.5 Å². The highest BCUT2D eigenvalue weighted by Gasteiger charge is 2.14. The maximum absolute atomic E-state index is 12.7. The molecule has 0 saturated carbocycles. The molecule has 7 heteroatoms. The number of amides is 1. The summed E-state index contributed by atoms with van der Waals surface area (Å²) in [5.74, 6) is 0.123. The van der Waals surface area contributed by atoms with E-state index in [1.807, 2.05) is 37.3 Å². The molecule has 176 valence electrons. The van der Waals surface area contributed by atoms with Gasteiger partial charge in [0.2, 0.25) is 0 Å². The standard InChI is InChI=1S/C28H23ClN2O4/c1-2-17-34-23-14-9-20(10-15-23)27(32)31-30-18-25-24-6-4-3-5-19(24)11-16-26(25)35-28(33)21-7-12-22(29)13-8-21/h3-16,18H,2,17H2,1H3,(H,31,32). The number of carbonyl (C=O) groups is 2. The number of benzene rings is 4. The number of fused-ring (bicyclic) bond motifs is 1. The molecule has 0 atom stereocenters. The van der Waals surface area contributed by atoms with Crippen LogP contribution in [0.2, 0.25) is 5.02 Å². The summed E-state index contributed by atoms with van der Waals surface area (Å²) in [7, 11) is 0. The summed E-state index contributed by atoms with van der Waals surface area (Å²) in [5, 5.41) is 6.42. The van der Waals surface area contributed by atoms with E-state index in [9.17, 15) is 9.59 Å². The summed E-state index contributed by atoms with van der Waals surface area (Å²) < 4.78 is 11.2. The maximum Gasteiger partial charge on any atom is 0.343 e. The van der Waals surface area contributed by atoms with Crippen molar-refractivity contribution in [3.63, 3.8) is 0 Å². The topological polar surface area (TPSA) is 77.0 Å². The molecule has 0 unspecified atom stereocenters. The normalized spacial score (nSPS) is 10.9. The molecule has 0 aliphatic heterocycles. The van der Waals surface area contributed by atoms with Crippen molar-refractivity contribution in [1.82, 2.24) is 5.43 Å². The zero-order valence-corrected chi connectivity index (χ0v) is 19.8. The average molecular weight is 487 g/mol. The molecule has 0 aliphatic carbocycles. The van der Waals surface area contributed by atoms with Crippen molar-refractivity contribution in [3.05, 3.63) is 107 Å². The van der Waals surface area contributed by atoms with E-state index in [1.54, 1.807) is 54.6 Å². The van der Waals surface area contributed by atoms with Gasteiger partial charge < -0.3 is 9.47 Å². The van der Waals surface area contributed by atoms with E-state index >= 15 is 0 Å². The van der Waals surface area contributed by atoms with Gasteiger partial charge in [-0.2, -0.15) is 5.10 Å². The van der Waals surface area contributed by atoms with E-state index in [2.05, 4.69) is 10.5 Å². The number of halogens is 1. The summed E-state index contributed by atoms with van der Waals surface area (Å²) in [6.07, 6.45) is 2.38. The van der Waals surface area contributed by atoms with E-state index in [0.717, 1.165) is 17.2 Å². The molecule has 0 aromatic heterocycles. The van der Waals surface area contributed by atoms with Crippen LogP contribution in [0.1, 0.15) is 39.6 Å². The van der Waals surface area contributed by atoms with Crippen molar-refractivity contribution in [3.8, 4) is 11.5 Å². The van der Waals surface area contributed by atoms with Crippen LogP contribution in [0, 0.1) is 0 Å². The third-order valence-corrected chi connectivity index (χ3v) is 5.41. The van der Waals surface area contributed by atoms with E-state index in [-0.39, 0.29) is 5.91 Å². The molecule has 1 amide bonds. The summed E-state index contributed by atoms with van der Waals surface area (Å²) in [6.45, 7) is 2.64. The minimum atomic E-state index is -0.527. The van der Waals surface area contributed by atoms with Gasteiger partial charge in [-0.05, 0) is 71.8 Å². The van der Waals surface area contributed by atoms with Crippen molar-refractivity contribution in [2.45, 2.75) is 13.3 Å². The minimum absolute atomic E-state index is 0.319. The first-order valence-electron chi connectivity index (χ1n) is 11.1. The third kappa shape index (κ3) is 6.05. The summed E-state index contributed by atoms with van der Waals surface area (Å²) in [5.41, 5.74) is 3.90. The minimum Gasteiger partial charge on any atom is -0.494 e. The smallest absolute Gasteiger partial charge is 0.343 e. The number of rotatable bonds is 8. The SMILES string of the molecule is CCCOc1ccc(C(=O)NN=Cc2c(OC(=O)c3ccc(Cl)cc3)ccc3ccccc23)cc1. The Morgan fingerprint density at radius 3 is 2.37 bits per heavy atom. The van der Waals surface area contributed by atoms with Crippen LogP contribution in [0.3, 0.4) is 0 Å². The van der Waals surface area contributed by atoms with Crippen LogP contribution in [0.4, 0.5) is 0 Å². The number of carbonyl (C=O) groups excluding carboxylic acids is 2. The number of esters is 1. The van der Waals surface area contributed by atoms with Crippen molar-refractivity contribution in [1.29, 1.82) is 0 Å². The Morgan fingerprint density at radius 2 is 1.63 bits per heavy atom. The molecule has 4 aromatic carbocycles. The van der Waals surface area contributed by atoms with Gasteiger partial charge in [-0.1, -0.05) is 48.9 Å². The molecule has 0 aliphatic rings. The molecule has 4 aromatic rings. The Balaban J connectivity index is 1.54. The quantitative estimate of drug-likeness (QED) is 0.138. The van der Waals surface area contributed by atoms with Gasteiger partial charge in [0.1, 0.15) is 11.5 Å². The lowest BCUT2D eigenvalue weighted by atomic mass is 10.0. The molecule has 4 rings (SSSR count). The van der Waals surface area contributed by atoms with Crippen LogP contribution in [0.15, 0.2) is 90.0 Å². The largest absolute Gasteiger partial charge is 0.494 e. The van der Waals surface area contributed by atoms with Gasteiger partial charge in [-0.3, -0.25) is 4.79 Å². The summed E-state index contributed by atoms with van der Waals surface area (Å²) >= 11 is 5.91. The maximum atomic E-state index is 12.7. The first-order valence-corrected chi connectivity index (χ1v) is 11.5. The van der Waals surface area contributed by atoms with Crippen molar-refractivity contribution in [2.75, 3.05) is 6.61 Å². The number of ether oxygens (including phenoxy) is 2. The van der Waals surface area contributed by atoms with Crippen molar-refractivity contribution < 1.29 is 19.1 Å². The second kappa shape index (κ2) is 11.3. The molecule has 0 fully saturated rings. The molecule has 1 N–H and O–H groups in total. The predicted molar refractivity (Wildman–Crippen MR) is 138 cm³/mol. The van der Waals surface area contributed by atoms with Gasteiger partial charge in [0.25, 0.3) is 5.91 Å². The fourth-order valence-electron chi connectivity index (χ4n) is 3.38. The van der Waals surface area contributed by atoms with Gasteiger partial charge >= 0.3 is 5.97 Å². The lowest BCUT2D eigenvalue weighted by Gasteiger charge is -2.11. The highest BCUT2D eigenvalue weighted by Crippen LogP contribution is 2.27. The second-order valence-electron chi connectivity index (χ2n) is 7.67. The van der Waals surface area contributed by atoms with Crippen LogP contribution in [-0.4, -0.2) is 24.7 Å². The van der Waals surface area contributed by atoms with Crippen molar-refractivity contribution in [2.24, 2.45) is 5.10 Å². The Morgan fingerprint density at radius 1 is 0.914 bits per heavy atom. The van der Waals surface area contributed by atoms with Gasteiger partial charge in [0.15, 0.2) is 0 Å². The average Bonchev–Trinajstić information content (AvgIpc) is 2.89. The number of nitrogens with zero attached hydrogens (tertiary/aromatic N) is 1. The molecular weight excluding hydrogens is 464 g/mol. The molecular formula is C28H23ClN2O4. The molecule has 0 heterocycles. The van der Waals surface area contributed by atoms with Crippen LogP contribution < -0.4 is 14.9 Å². The molecule has 0 bridgehead atoms. The zero-order chi connectivity index (χ0) is 24.6. The Hall–Kier alpha value is -4.16. The lowest BCUT2D eigenvalue weighted by molar-refractivity contribution is 0.0734. The number of hydrogen-bond acceptors (Lipinski definition) is 5. The Labute approximate surface area is 208 Å². The zero-order valence-electron chi connectivity index (χ0n) is 19.0. The Kier molecular flexibility index (Phi) is 7.75. The lowest BCUT2D eigenvalue weighted by Crippen LogP contribution is -2.17.